The monoisotopic (exact) mass is 465 g/mol. The summed E-state index contributed by atoms with van der Waals surface area (Å²) in [7, 11) is 4.19. The first-order valence-corrected chi connectivity index (χ1v) is 12.7. The molecule has 4 bridgehead atoms. The largest absolute Gasteiger partial charge is 0.385 e. The van der Waals surface area contributed by atoms with Crippen LogP contribution in [0.1, 0.15) is 54.6 Å². The lowest BCUT2D eigenvalue weighted by atomic mass is 9.92. The minimum absolute atomic E-state index is 0.129. The van der Waals surface area contributed by atoms with E-state index in [1.165, 1.54) is 19.3 Å². The molecule has 1 unspecified atom stereocenters. The third-order valence-electron chi connectivity index (χ3n) is 6.63. The van der Waals surface area contributed by atoms with E-state index in [0.29, 0.717) is 23.2 Å². The van der Waals surface area contributed by atoms with Crippen LogP contribution >= 0.6 is 0 Å². The summed E-state index contributed by atoms with van der Waals surface area (Å²) in [4.78, 5) is 27.1. The van der Waals surface area contributed by atoms with E-state index in [9.17, 15) is 4.79 Å². The molecule has 4 rings (SSSR count). The Morgan fingerprint density at radius 3 is 2.85 bits per heavy atom. The Morgan fingerprint density at radius 2 is 2.00 bits per heavy atom. The van der Waals surface area contributed by atoms with Crippen LogP contribution < -0.4 is 20.9 Å². The van der Waals surface area contributed by atoms with Crippen LogP contribution in [0.3, 0.4) is 0 Å². The molecule has 0 spiro atoms. The molecular weight excluding hydrogens is 426 g/mol. The van der Waals surface area contributed by atoms with E-state index in [-0.39, 0.29) is 5.91 Å². The van der Waals surface area contributed by atoms with Crippen molar-refractivity contribution in [1.82, 2.24) is 14.9 Å². The summed E-state index contributed by atoms with van der Waals surface area (Å²) in [5.74, 6) is 1.63. The molecule has 1 saturated heterocycles. The van der Waals surface area contributed by atoms with E-state index in [1.54, 1.807) is 0 Å². The molecule has 34 heavy (non-hydrogen) atoms. The minimum atomic E-state index is -0.129. The highest BCUT2D eigenvalue weighted by molar-refractivity contribution is 6.08. The fourth-order valence-electron chi connectivity index (χ4n) is 4.90. The number of rotatable bonds is 5. The maximum absolute atomic E-state index is 13.4. The number of hydrogen-bond acceptors (Lipinski definition) is 7. The first-order chi connectivity index (χ1) is 16.5. The van der Waals surface area contributed by atoms with Crippen LogP contribution in [0.15, 0.2) is 24.3 Å². The Bertz CT molecular complexity index is 978. The normalized spacial score (nSPS) is 18.9. The van der Waals surface area contributed by atoms with Gasteiger partial charge in [0.25, 0.3) is 5.91 Å². The second kappa shape index (κ2) is 11.5. The van der Waals surface area contributed by atoms with Gasteiger partial charge in [0.15, 0.2) is 0 Å². The molecular formula is C26H39N7O. The smallest absolute Gasteiger partial charge is 0.258 e. The predicted molar refractivity (Wildman–Crippen MR) is 140 cm³/mol. The van der Waals surface area contributed by atoms with E-state index >= 15 is 0 Å². The number of aryl methyl sites for hydroxylation is 1. The number of carbonyl (C=O) groups excluding carboxylic acids is 1. The number of nitrogens with zero attached hydrogens (tertiary/aromatic N) is 4. The Hall–Kier alpha value is -2.87. The van der Waals surface area contributed by atoms with Gasteiger partial charge in [-0.1, -0.05) is 6.42 Å². The Balaban J connectivity index is 1.62. The zero-order valence-electron chi connectivity index (χ0n) is 20.9. The zero-order valence-corrected chi connectivity index (χ0v) is 20.9. The molecule has 2 aliphatic heterocycles. The molecule has 0 saturated carbocycles. The second-order valence-corrected chi connectivity index (χ2v) is 9.86. The maximum atomic E-state index is 13.4. The van der Waals surface area contributed by atoms with Crippen molar-refractivity contribution in [3.05, 3.63) is 35.5 Å². The van der Waals surface area contributed by atoms with Crippen LogP contribution in [0.25, 0.3) is 0 Å². The molecule has 1 aromatic heterocycles. The second-order valence-electron chi connectivity index (χ2n) is 9.86. The van der Waals surface area contributed by atoms with Gasteiger partial charge in [0, 0.05) is 43.6 Å². The first-order valence-electron chi connectivity index (χ1n) is 12.7. The van der Waals surface area contributed by atoms with Crippen molar-refractivity contribution in [3.8, 4) is 0 Å². The summed E-state index contributed by atoms with van der Waals surface area (Å²) in [5.41, 5.74) is 3.60. The van der Waals surface area contributed by atoms with E-state index in [1.807, 2.05) is 25.1 Å². The molecule has 8 nitrogen and oxygen atoms in total. The molecule has 1 amide bonds. The van der Waals surface area contributed by atoms with Crippen molar-refractivity contribution in [2.24, 2.45) is 5.92 Å². The zero-order chi connectivity index (χ0) is 23.9. The highest BCUT2D eigenvalue weighted by atomic mass is 16.1. The van der Waals surface area contributed by atoms with Crippen LogP contribution in [-0.2, 0) is 0 Å². The minimum Gasteiger partial charge on any atom is -0.385 e. The van der Waals surface area contributed by atoms with E-state index < -0.39 is 0 Å². The average Bonchev–Trinajstić information content (AvgIpc) is 2.81. The van der Waals surface area contributed by atoms with Crippen molar-refractivity contribution in [1.29, 1.82) is 0 Å². The lowest BCUT2D eigenvalue weighted by molar-refractivity contribution is 0.102. The lowest BCUT2D eigenvalue weighted by Gasteiger charge is -2.35. The van der Waals surface area contributed by atoms with E-state index in [2.05, 4.69) is 55.9 Å². The highest BCUT2D eigenvalue weighted by Gasteiger charge is 2.24. The fraction of sp³-hybridized carbons (Fsp3) is 0.577. The average molecular weight is 466 g/mol. The molecule has 3 N–H and O–H groups in total. The number of amides is 1. The van der Waals surface area contributed by atoms with Crippen molar-refractivity contribution < 1.29 is 4.79 Å². The van der Waals surface area contributed by atoms with Gasteiger partial charge >= 0.3 is 0 Å². The maximum Gasteiger partial charge on any atom is 0.258 e. The number of fused-ring (bicyclic) bond motifs is 6. The number of hydrogen-bond donors (Lipinski definition) is 3. The van der Waals surface area contributed by atoms with Crippen molar-refractivity contribution in [2.45, 2.75) is 45.4 Å². The van der Waals surface area contributed by atoms with Gasteiger partial charge < -0.3 is 25.8 Å². The molecule has 184 valence electrons. The number of piperidine rings is 1. The van der Waals surface area contributed by atoms with Crippen LogP contribution in [0, 0.1) is 12.8 Å². The fourth-order valence-corrected chi connectivity index (χ4v) is 4.90. The molecule has 1 aromatic carbocycles. The van der Waals surface area contributed by atoms with Crippen molar-refractivity contribution in [3.63, 3.8) is 0 Å². The van der Waals surface area contributed by atoms with Gasteiger partial charge in [-0.15, -0.1) is 0 Å². The molecule has 2 aromatic rings. The molecule has 2 aliphatic rings. The van der Waals surface area contributed by atoms with Crippen LogP contribution in [0.2, 0.25) is 0 Å². The summed E-state index contributed by atoms with van der Waals surface area (Å²) >= 11 is 0. The number of aromatic nitrogens is 2. The number of anilines is 4. The Labute approximate surface area is 203 Å². The topological polar surface area (TPSA) is 85.4 Å². The third kappa shape index (κ3) is 6.59. The van der Waals surface area contributed by atoms with Gasteiger partial charge in [-0.2, -0.15) is 4.98 Å². The van der Waals surface area contributed by atoms with Crippen molar-refractivity contribution in [2.75, 3.05) is 67.7 Å². The SMILES string of the molecule is Cc1cc2nc(n1)NCCCCC1CCCN(C1)c1cc(NCCCN(C)C)ccc1C(=O)N2. The number of benzene rings is 1. The summed E-state index contributed by atoms with van der Waals surface area (Å²) in [5, 5.41) is 9.90. The lowest BCUT2D eigenvalue weighted by Crippen LogP contribution is -2.36. The molecule has 1 fully saturated rings. The predicted octanol–water partition coefficient (Wildman–Crippen LogP) is 4.21. The van der Waals surface area contributed by atoms with Gasteiger partial charge in [0.1, 0.15) is 5.82 Å². The van der Waals surface area contributed by atoms with Gasteiger partial charge in [-0.3, -0.25) is 4.79 Å². The van der Waals surface area contributed by atoms with Crippen molar-refractivity contribution >= 4 is 29.0 Å². The van der Waals surface area contributed by atoms with E-state index in [0.717, 1.165) is 69.1 Å². The highest BCUT2D eigenvalue weighted by Crippen LogP contribution is 2.31. The molecule has 8 heteroatoms. The molecule has 3 heterocycles. The van der Waals surface area contributed by atoms with Gasteiger partial charge in [0.2, 0.25) is 5.95 Å². The number of nitrogens with one attached hydrogen (secondary N) is 3. The van der Waals surface area contributed by atoms with Crippen LogP contribution in [-0.4, -0.2) is 67.6 Å². The first kappa shape index (κ1) is 24.3. The summed E-state index contributed by atoms with van der Waals surface area (Å²) in [6, 6.07) is 7.94. The van der Waals surface area contributed by atoms with Gasteiger partial charge in [0.05, 0.1) is 11.3 Å². The molecule has 1 atom stereocenters. The standard InChI is InChI=1S/C26H39N7O/c1-19-16-24-30-25(34)22-11-10-21(27-13-7-14-32(2)3)17-23(22)33-15-6-9-20(18-33)8-4-5-12-28-26(29-19)31-24/h10-11,16-17,20,27H,4-9,12-15,18H2,1-3H3,(H2,28,29,30,31,34). The summed E-state index contributed by atoms with van der Waals surface area (Å²) < 4.78 is 0. The Morgan fingerprint density at radius 1 is 1.15 bits per heavy atom. The van der Waals surface area contributed by atoms with Gasteiger partial charge in [-0.05, 0) is 83.8 Å². The number of carbonyl (C=O) groups is 1. The summed E-state index contributed by atoms with van der Waals surface area (Å²) in [6.07, 6.45) is 6.98. The van der Waals surface area contributed by atoms with Crippen LogP contribution in [0.5, 0.6) is 0 Å². The van der Waals surface area contributed by atoms with Crippen LogP contribution in [0.4, 0.5) is 23.1 Å². The summed E-state index contributed by atoms with van der Waals surface area (Å²) in [6.45, 7) is 6.71. The quantitative estimate of drug-likeness (QED) is 0.570. The van der Waals surface area contributed by atoms with E-state index in [4.69, 9.17) is 0 Å². The third-order valence-corrected chi connectivity index (χ3v) is 6.63. The Kier molecular flexibility index (Phi) is 8.21. The molecule has 0 aliphatic carbocycles. The van der Waals surface area contributed by atoms with Gasteiger partial charge in [-0.25, -0.2) is 4.98 Å². The molecule has 0 radical (unpaired) electrons.